The Morgan fingerprint density at radius 1 is 1.11 bits per heavy atom. The molecule has 0 saturated carbocycles. The molecule has 0 radical (unpaired) electrons. The van der Waals surface area contributed by atoms with Crippen LogP contribution in [-0.4, -0.2) is 48.8 Å². The van der Waals surface area contributed by atoms with Crippen LogP contribution < -0.4 is 16.4 Å². The van der Waals surface area contributed by atoms with E-state index < -0.39 is 0 Å². The summed E-state index contributed by atoms with van der Waals surface area (Å²) in [5.74, 6) is -0.939. The third kappa shape index (κ3) is 3.84. The van der Waals surface area contributed by atoms with Gasteiger partial charge in [0.15, 0.2) is 0 Å². The molecule has 0 bridgehead atoms. The fraction of sp³-hybridized carbons (Fsp3) is 0.350. The van der Waals surface area contributed by atoms with Gasteiger partial charge in [0.25, 0.3) is 11.8 Å². The second kappa shape index (κ2) is 8.28. The first-order valence-corrected chi connectivity index (χ1v) is 9.20. The molecule has 3 rings (SSSR count). The predicted molar refractivity (Wildman–Crippen MR) is 105 cm³/mol. The Balaban J connectivity index is 1.92. The molecule has 7 heteroatoms. The SMILES string of the molecule is CCCNCCCN1C(=O)c2cccc3cc(NC(=O)CN)cc(c23)C1=O. The van der Waals surface area contributed by atoms with Gasteiger partial charge in [-0.15, -0.1) is 0 Å². The van der Waals surface area contributed by atoms with Gasteiger partial charge in [-0.05, 0) is 49.5 Å². The molecule has 27 heavy (non-hydrogen) atoms. The first-order valence-electron chi connectivity index (χ1n) is 9.20. The highest BCUT2D eigenvalue weighted by Crippen LogP contribution is 2.32. The van der Waals surface area contributed by atoms with Crippen molar-refractivity contribution >= 4 is 34.2 Å². The van der Waals surface area contributed by atoms with Gasteiger partial charge in [0.2, 0.25) is 5.91 Å². The molecule has 2 aromatic carbocycles. The van der Waals surface area contributed by atoms with Crippen molar-refractivity contribution in [2.45, 2.75) is 19.8 Å². The summed E-state index contributed by atoms with van der Waals surface area (Å²) in [7, 11) is 0. The zero-order valence-electron chi connectivity index (χ0n) is 15.4. The fourth-order valence-electron chi connectivity index (χ4n) is 3.31. The number of amides is 3. The third-order valence-corrected chi connectivity index (χ3v) is 4.56. The Morgan fingerprint density at radius 3 is 2.63 bits per heavy atom. The fourth-order valence-corrected chi connectivity index (χ4v) is 3.31. The van der Waals surface area contributed by atoms with Crippen LogP contribution in [0, 0.1) is 0 Å². The second-order valence-corrected chi connectivity index (χ2v) is 6.55. The van der Waals surface area contributed by atoms with Crippen LogP contribution in [0.25, 0.3) is 10.8 Å². The van der Waals surface area contributed by atoms with Crippen LogP contribution in [0.5, 0.6) is 0 Å². The molecule has 0 spiro atoms. The van der Waals surface area contributed by atoms with Crippen molar-refractivity contribution in [3.05, 3.63) is 41.5 Å². The van der Waals surface area contributed by atoms with Crippen LogP contribution in [0.15, 0.2) is 30.3 Å². The Labute approximate surface area is 157 Å². The molecule has 3 amide bonds. The number of carbonyl (C=O) groups is 3. The van der Waals surface area contributed by atoms with E-state index in [1.54, 1.807) is 24.3 Å². The number of hydrogen-bond acceptors (Lipinski definition) is 5. The van der Waals surface area contributed by atoms with E-state index in [4.69, 9.17) is 5.73 Å². The van der Waals surface area contributed by atoms with Gasteiger partial charge >= 0.3 is 0 Å². The van der Waals surface area contributed by atoms with Crippen molar-refractivity contribution < 1.29 is 14.4 Å². The lowest BCUT2D eigenvalue weighted by molar-refractivity contribution is -0.114. The van der Waals surface area contributed by atoms with Gasteiger partial charge < -0.3 is 16.4 Å². The number of benzene rings is 2. The van der Waals surface area contributed by atoms with Crippen LogP contribution in [-0.2, 0) is 4.79 Å². The molecule has 1 aliphatic rings. The van der Waals surface area contributed by atoms with Gasteiger partial charge in [0, 0.05) is 23.2 Å². The van der Waals surface area contributed by atoms with Gasteiger partial charge in [-0.3, -0.25) is 19.3 Å². The number of carbonyl (C=O) groups excluding carboxylic acids is 3. The minimum Gasteiger partial charge on any atom is -0.325 e. The standard InChI is InChI=1S/C20H24N4O3/c1-2-7-22-8-4-9-24-19(26)15-6-3-5-13-10-14(23-17(25)12-21)11-16(18(13)15)20(24)27/h3,5-6,10-11,22H,2,4,7-9,12,21H2,1H3,(H,23,25). The number of nitrogens with one attached hydrogen (secondary N) is 2. The number of anilines is 1. The lowest BCUT2D eigenvalue weighted by Crippen LogP contribution is -2.41. The van der Waals surface area contributed by atoms with Crippen molar-refractivity contribution in [3.8, 4) is 0 Å². The molecular weight excluding hydrogens is 344 g/mol. The summed E-state index contributed by atoms with van der Waals surface area (Å²) in [5.41, 5.74) is 6.80. The summed E-state index contributed by atoms with van der Waals surface area (Å²) in [6.07, 6.45) is 1.72. The number of hydrogen-bond donors (Lipinski definition) is 3. The molecule has 7 nitrogen and oxygen atoms in total. The average molecular weight is 368 g/mol. The molecule has 0 aromatic heterocycles. The number of nitrogens with two attached hydrogens (primary N) is 1. The number of imide groups is 1. The highest BCUT2D eigenvalue weighted by atomic mass is 16.2. The topological polar surface area (TPSA) is 105 Å². The van der Waals surface area contributed by atoms with E-state index in [1.807, 2.05) is 6.07 Å². The summed E-state index contributed by atoms with van der Waals surface area (Å²) >= 11 is 0. The Morgan fingerprint density at radius 2 is 1.89 bits per heavy atom. The normalized spacial score (nSPS) is 13.3. The zero-order chi connectivity index (χ0) is 19.4. The molecule has 1 aliphatic heterocycles. The number of nitrogens with zero attached hydrogens (tertiary/aromatic N) is 1. The molecule has 2 aromatic rings. The van der Waals surface area contributed by atoms with Crippen molar-refractivity contribution in [3.63, 3.8) is 0 Å². The minimum absolute atomic E-state index is 0.142. The maximum Gasteiger partial charge on any atom is 0.261 e. The second-order valence-electron chi connectivity index (χ2n) is 6.55. The van der Waals surface area contributed by atoms with E-state index in [9.17, 15) is 14.4 Å². The highest BCUT2D eigenvalue weighted by molar-refractivity contribution is 6.26. The van der Waals surface area contributed by atoms with E-state index in [2.05, 4.69) is 17.6 Å². The van der Waals surface area contributed by atoms with E-state index in [1.165, 1.54) is 4.90 Å². The van der Waals surface area contributed by atoms with Gasteiger partial charge in [-0.25, -0.2) is 0 Å². The summed E-state index contributed by atoms with van der Waals surface area (Å²) in [4.78, 5) is 38.8. The lowest BCUT2D eigenvalue weighted by Gasteiger charge is -2.27. The summed E-state index contributed by atoms with van der Waals surface area (Å²) in [5, 5.41) is 7.33. The first-order chi connectivity index (χ1) is 13.1. The van der Waals surface area contributed by atoms with E-state index in [0.29, 0.717) is 35.2 Å². The van der Waals surface area contributed by atoms with E-state index in [0.717, 1.165) is 24.9 Å². The van der Waals surface area contributed by atoms with Crippen LogP contribution in [0.2, 0.25) is 0 Å². The molecule has 0 saturated heterocycles. The van der Waals surface area contributed by atoms with Crippen molar-refractivity contribution in [2.24, 2.45) is 5.73 Å². The molecule has 1 heterocycles. The quantitative estimate of drug-likeness (QED) is 0.486. The van der Waals surface area contributed by atoms with Gasteiger partial charge in [-0.2, -0.15) is 0 Å². The number of rotatable bonds is 8. The van der Waals surface area contributed by atoms with Crippen LogP contribution >= 0.6 is 0 Å². The van der Waals surface area contributed by atoms with Crippen molar-refractivity contribution in [2.75, 3.05) is 31.5 Å². The first kappa shape index (κ1) is 19.0. The zero-order valence-corrected chi connectivity index (χ0v) is 15.4. The Kier molecular flexibility index (Phi) is 5.83. The Bertz CT molecular complexity index is 894. The van der Waals surface area contributed by atoms with E-state index >= 15 is 0 Å². The molecule has 0 aliphatic carbocycles. The Hall–Kier alpha value is -2.77. The van der Waals surface area contributed by atoms with Gasteiger partial charge in [0.1, 0.15) is 0 Å². The van der Waals surface area contributed by atoms with Gasteiger partial charge in [-0.1, -0.05) is 19.1 Å². The molecular formula is C20H24N4O3. The van der Waals surface area contributed by atoms with Crippen LogP contribution in [0.1, 0.15) is 40.5 Å². The van der Waals surface area contributed by atoms with E-state index in [-0.39, 0.29) is 24.3 Å². The summed E-state index contributed by atoms with van der Waals surface area (Å²) in [6, 6.07) is 8.72. The molecule has 0 fully saturated rings. The minimum atomic E-state index is -0.337. The van der Waals surface area contributed by atoms with Crippen LogP contribution in [0.4, 0.5) is 5.69 Å². The molecule has 4 N–H and O–H groups in total. The molecule has 0 atom stereocenters. The van der Waals surface area contributed by atoms with Crippen molar-refractivity contribution in [1.29, 1.82) is 0 Å². The van der Waals surface area contributed by atoms with Gasteiger partial charge in [0.05, 0.1) is 12.1 Å². The van der Waals surface area contributed by atoms with Crippen LogP contribution in [0.3, 0.4) is 0 Å². The maximum atomic E-state index is 13.0. The summed E-state index contributed by atoms with van der Waals surface area (Å²) in [6.45, 7) is 3.95. The monoisotopic (exact) mass is 368 g/mol. The smallest absolute Gasteiger partial charge is 0.261 e. The van der Waals surface area contributed by atoms with Crippen molar-refractivity contribution in [1.82, 2.24) is 10.2 Å². The maximum absolute atomic E-state index is 13.0. The largest absolute Gasteiger partial charge is 0.325 e. The average Bonchev–Trinajstić information content (AvgIpc) is 2.67. The third-order valence-electron chi connectivity index (χ3n) is 4.56. The highest BCUT2D eigenvalue weighted by Gasteiger charge is 2.32. The molecule has 142 valence electrons. The molecule has 0 unspecified atom stereocenters. The summed E-state index contributed by atoms with van der Waals surface area (Å²) < 4.78 is 0. The lowest BCUT2D eigenvalue weighted by atomic mass is 9.93. The predicted octanol–water partition coefficient (Wildman–Crippen LogP) is 1.72.